The zero-order valence-corrected chi connectivity index (χ0v) is 15.0. The van der Waals surface area contributed by atoms with E-state index in [1.807, 2.05) is 18.2 Å². The van der Waals surface area contributed by atoms with Crippen molar-refractivity contribution in [1.82, 2.24) is 5.32 Å². The molecule has 0 radical (unpaired) electrons. The third-order valence-electron chi connectivity index (χ3n) is 5.54. The number of hydrogen-bond donors (Lipinski definition) is 1. The van der Waals surface area contributed by atoms with E-state index in [-0.39, 0.29) is 24.1 Å². The molecule has 26 heavy (non-hydrogen) atoms. The fraction of sp³-hybridized carbons (Fsp3) is 0.381. The Balaban J connectivity index is 1.84. The number of amides is 3. The number of nitrogens with one attached hydrogen (secondary N) is 1. The van der Waals surface area contributed by atoms with Crippen molar-refractivity contribution >= 4 is 34.2 Å². The monoisotopic (exact) mass is 350 g/mol. The van der Waals surface area contributed by atoms with E-state index >= 15 is 0 Å². The SMILES string of the molecule is CCCC(C)c1ccc2c3c(cccc13)C(=O)N2C1CCC(=O)NC1=O. The number of benzene rings is 2. The number of anilines is 1. The molecule has 0 aliphatic carbocycles. The lowest BCUT2D eigenvalue weighted by atomic mass is 9.90. The molecule has 2 aliphatic heterocycles. The van der Waals surface area contributed by atoms with Gasteiger partial charge in [-0.15, -0.1) is 0 Å². The van der Waals surface area contributed by atoms with Crippen LogP contribution in [0.5, 0.6) is 0 Å². The Hall–Kier alpha value is -2.69. The fourth-order valence-corrected chi connectivity index (χ4v) is 4.28. The molecular formula is C21H22N2O3. The molecule has 0 spiro atoms. The summed E-state index contributed by atoms with van der Waals surface area (Å²) in [7, 11) is 0. The zero-order valence-electron chi connectivity index (χ0n) is 15.0. The highest BCUT2D eigenvalue weighted by atomic mass is 16.2. The van der Waals surface area contributed by atoms with Gasteiger partial charge in [0.15, 0.2) is 0 Å². The normalized spacial score (nSPS) is 20.6. The van der Waals surface area contributed by atoms with Crippen LogP contribution in [0, 0.1) is 0 Å². The number of nitrogens with zero attached hydrogens (tertiary/aromatic N) is 1. The third-order valence-corrected chi connectivity index (χ3v) is 5.54. The van der Waals surface area contributed by atoms with E-state index in [4.69, 9.17) is 0 Å². The quantitative estimate of drug-likeness (QED) is 0.858. The standard InChI is InChI=1S/C21H22N2O3/c1-3-5-12(2)13-8-9-16-19-14(13)6-4-7-15(19)21(26)23(16)17-10-11-18(24)22-20(17)25/h4,6-9,12,17H,3,5,10-11H2,1-2H3,(H,22,24,25). The van der Waals surface area contributed by atoms with Crippen LogP contribution in [0.3, 0.4) is 0 Å². The number of carbonyl (C=O) groups is 3. The van der Waals surface area contributed by atoms with Gasteiger partial charge >= 0.3 is 0 Å². The van der Waals surface area contributed by atoms with E-state index in [9.17, 15) is 14.4 Å². The average Bonchev–Trinajstić information content (AvgIpc) is 2.90. The molecular weight excluding hydrogens is 328 g/mol. The highest BCUT2D eigenvalue weighted by molar-refractivity contribution is 6.27. The summed E-state index contributed by atoms with van der Waals surface area (Å²) in [5.74, 6) is -0.410. The highest BCUT2D eigenvalue weighted by Crippen LogP contribution is 2.42. The summed E-state index contributed by atoms with van der Waals surface area (Å²) in [4.78, 5) is 38.5. The summed E-state index contributed by atoms with van der Waals surface area (Å²) in [6.45, 7) is 4.38. The van der Waals surface area contributed by atoms with Crippen LogP contribution in [-0.2, 0) is 9.59 Å². The van der Waals surface area contributed by atoms with Crippen LogP contribution in [0.2, 0.25) is 0 Å². The van der Waals surface area contributed by atoms with Crippen molar-refractivity contribution < 1.29 is 14.4 Å². The van der Waals surface area contributed by atoms with Crippen LogP contribution in [0.4, 0.5) is 5.69 Å². The minimum absolute atomic E-state index is 0.152. The van der Waals surface area contributed by atoms with Gasteiger partial charge in [0, 0.05) is 17.4 Å². The fourth-order valence-electron chi connectivity index (χ4n) is 4.28. The summed E-state index contributed by atoms with van der Waals surface area (Å²) in [6, 6.07) is 9.21. The number of hydrogen-bond acceptors (Lipinski definition) is 3. The van der Waals surface area contributed by atoms with E-state index in [0.29, 0.717) is 17.9 Å². The Morgan fingerprint density at radius 1 is 1.19 bits per heavy atom. The van der Waals surface area contributed by atoms with E-state index in [1.54, 1.807) is 4.90 Å². The van der Waals surface area contributed by atoms with Gasteiger partial charge in [-0.3, -0.25) is 24.6 Å². The van der Waals surface area contributed by atoms with Crippen LogP contribution < -0.4 is 10.2 Å². The van der Waals surface area contributed by atoms with Gasteiger partial charge in [0.05, 0.1) is 5.69 Å². The van der Waals surface area contributed by atoms with Crippen LogP contribution in [0.15, 0.2) is 30.3 Å². The predicted molar refractivity (Wildman–Crippen MR) is 100 cm³/mol. The Morgan fingerprint density at radius 3 is 2.73 bits per heavy atom. The van der Waals surface area contributed by atoms with Gasteiger partial charge in [0.1, 0.15) is 6.04 Å². The molecule has 2 heterocycles. The first-order valence-corrected chi connectivity index (χ1v) is 9.25. The van der Waals surface area contributed by atoms with Crippen molar-refractivity contribution in [2.75, 3.05) is 4.90 Å². The minimum atomic E-state index is -0.630. The largest absolute Gasteiger partial charge is 0.295 e. The molecule has 3 amide bonds. The van der Waals surface area contributed by atoms with Gasteiger partial charge in [-0.1, -0.05) is 38.5 Å². The Morgan fingerprint density at radius 2 is 2.00 bits per heavy atom. The molecule has 0 saturated carbocycles. The van der Waals surface area contributed by atoms with Crippen LogP contribution in [0.25, 0.3) is 10.8 Å². The van der Waals surface area contributed by atoms with Crippen molar-refractivity contribution in [3.8, 4) is 0 Å². The molecule has 2 atom stereocenters. The zero-order chi connectivity index (χ0) is 18.4. The summed E-state index contributed by atoms with van der Waals surface area (Å²) in [5.41, 5.74) is 2.67. The van der Waals surface area contributed by atoms with E-state index in [1.165, 1.54) is 5.56 Å². The smallest absolute Gasteiger partial charge is 0.259 e. The van der Waals surface area contributed by atoms with Gasteiger partial charge in [0.25, 0.3) is 5.91 Å². The van der Waals surface area contributed by atoms with Crippen LogP contribution in [-0.4, -0.2) is 23.8 Å². The molecule has 1 N–H and O–H groups in total. The van der Waals surface area contributed by atoms with Gasteiger partial charge < -0.3 is 0 Å². The Labute approximate surface area is 152 Å². The second-order valence-electron chi connectivity index (χ2n) is 7.23. The predicted octanol–water partition coefficient (Wildman–Crippen LogP) is 3.51. The second-order valence-corrected chi connectivity index (χ2v) is 7.23. The summed E-state index contributed by atoms with van der Waals surface area (Å²) in [5, 5.41) is 4.38. The van der Waals surface area contributed by atoms with Crippen molar-refractivity contribution in [1.29, 1.82) is 0 Å². The van der Waals surface area contributed by atoms with Gasteiger partial charge in [-0.05, 0) is 41.8 Å². The lowest BCUT2D eigenvalue weighted by Gasteiger charge is -2.30. The maximum absolute atomic E-state index is 13.1. The summed E-state index contributed by atoms with van der Waals surface area (Å²) in [6.07, 6.45) is 2.81. The van der Waals surface area contributed by atoms with E-state index in [0.717, 1.165) is 29.3 Å². The molecule has 5 nitrogen and oxygen atoms in total. The van der Waals surface area contributed by atoms with Crippen LogP contribution >= 0.6 is 0 Å². The molecule has 134 valence electrons. The number of carbonyl (C=O) groups excluding carboxylic acids is 3. The van der Waals surface area contributed by atoms with Gasteiger partial charge in [-0.25, -0.2) is 0 Å². The maximum atomic E-state index is 13.1. The Kier molecular flexibility index (Phi) is 4.02. The number of rotatable bonds is 4. The molecule has 5 heteroatoms. The van der Waals surface area contributed by atoms with E-state index in [2.05, 4.69) is 31.3 Å². The van der Waals surface area contributed by atoms with Crippen molar-refractivity contribution in [2.24, 2.45) is 0 Å². The molecule has 2 aromatic carbocycles. The Bertz CT molecular complexity index is 934. The lowest BCUT2D eigenvalue weighted by Crippen LogP contribution is -2.53. The molecule has 2 unspecified atom stereocenters. The second kappa shape index (κ2) is 6.24. The maximum Gasteiger partial charge on any atom is 0.259 e. The topological polar surface area (TPSA) is 66.5 Å². The number of imide groups is 1. The molecule has 2 aliphatic rings. The molecule has 2 aromatic rings. The highest BCUT2D eigenvalue weighted by Gasteiger charge is 2.40. The molecule has 0 bridgehead atoms. The van der Waals surface area contributed by atoms with Gasteiger partial charge in [-0.2, -0.15) is 0 Å². The first-order valence-electron chi connectivity index (χ1n) is 9.25. The molecule has 0 aromatic heterocycles. The first kappa shape index (κ1) is 16.8. The van der Waals surface area contributed by atoms with Crippen molar-refractivity contribution in [2.45, 2.75) is 51.5 Å². The lowest BCUT2D eigenvalue weighted by molar-refractivity contribution is -0.134. The van der Waals surface area contributed by atoms with Gasteiger partial charge in [0.2, 0.25) is 11.8 Å². The summed E-state index contributed by atoms with van der Waals surface area (Å²) < 4.78 is 0. The van der Waals surface area contributed by atoms with Crippen molar-refractivity contribution in [3.05, 3.63) is 41.5 Å². The molecule has 1 saturated heterocycles. The minimum Gasteiger partial charge on any atom is -0.295 e. The number of piperidine rings is 1. The van der Waals surface area contributed by atoms with Crippen LogP contribution in [0.1, 0.15) is 61.4 Å². The summed E-state index contributed by atoms with van der Waals surface area (Å²) >= 11 is 0. The third kappa shape index (κ3) is 2.42. The molecule has 1 fully saturated rings. The van der Waals surface area contributed by atoms with Crippen molar-refractivity contribution in [3.63, 3.8) is 0 Å². The average molecular weight is 350 g/mol. The van der Waals surface area contributed by atoms with E-state index < -0.39 is 6.04 Å². The molecule has 4 rings (SSSR count). The first-order chi connectivity index (χ1) is 12.5.